The predicted octanol–water partition coefficient (Wildman–Crippen LogP) is 3.77. The van der Waals surface area contributed by atoms with Crippen LogP contribution in [0.4, 0.5) is 5.69 Å². The van der Waals surface area contributed by atoms with Gasteiger partial charge in [0, 0.05) is 17.0 Å². The minimum atomic E-state index is -0.662. The summed E-state index contributed by atoms with van der Waals surface area (Å²) in [4.78, 5) is 48.5. The molecule has 0 aliphatic carbocycles. The molecule has 0 radical (unpaired) electrons. The minimum absolute atomic E-state index is 0.169. The summed E-state index contributed by atoms with van der Waals surface area (Å²) in [6.07, 6.45) is 1.52. The van der Waals surface area contributed by atoms with Crippen LogP contribution in [0.2, 0.25) is 0 Å². The van der Waals surface area contributed by atoms with Crippen molar-refractivity contribution in [1.29, 1.82) is 0 Å². The third-order valence-electron chi connectivity index (χ3n) is 6.26. The summed E-state index contributed by atoms with van der Waals surface area (Å²) in [5.41, 5.74) is 2.52. The first-order chi connectivity index (χ1) is 17.3. The summed E-state index contributed by atoms with van der Waals surface area (Å²) >= 11 is 2.67. The molecule has 0 saturated heterocycles. The molecule has 2 aromatic heterocycles. The molecule has 0 bridgehead atoms. The van der Waals surface area contributed by atoms with Gasteiger partial charge in [-0.15, -0.1) is 11.3 Å². The molecule has 1 unspecified atom stereocenters. The molecule has 7 nitrogen and oxygen atoms in total. The SMILES string of the molecule is CCCCN1C(=O)C(=c2sc3n(c2=O)C(c2cccs2)C(C(=O)OC(C)C)=C(C)N=3)c2ccccc21. The number of rotatable bonds is 6. The van der Waals surface area contributed by atoms with E-state index in [-0.39, 0.29) is 17.6 Å². The number of para-hydroxylation sites is 1. The molecule has 0 fully saturated rings. The van der Waals surface area contributed by atoms with Crippen LogP contribution in [-0.4, -0.2) is 29.1 Å². The number of aromatic nitrogens is 1. The van der Waals surface area contributed by atoms with Crippen LogP contribution in [0.25, 0.3) is 5.57 Å². The van der Waals surface area contributed by atoms with Crippen molar-refractivity contribution in [3.05, 3.63) is 83.2 Å². The number of anilines is 1. The van der Waals surface area contributed by atoms with Gasteiger partial charge < -0.3 is 9.64 Å². The number of fused-ring (bicyclic) bond motifs is 2. The summed E-state index contributed by atoms with van der Waals surface area (Å²) in [5.74, 6) is -0.659. The second-order valence-electron chi connectivity index (χ2n) is 9.07. The number of ether oxygens (including phenoxy) is 1. The molecular weight excluding hydrogens is 494 g/mol. The van der Waals surface area contributed by atoms with Gasteiger partial charge in [-0.05, 0) is 44.7 Å². The summed E-state index contributed by atoms with van der Waals surface area (Å²) < 4.78 is 7.43. The number of thiophene rings is 1. The van der Waals surface area contributed by atoms with Crippen molar-refractivity contribution in [1.82, 2.24) is 4.57 Å². The highest BCUT2D eigenvalue weighted by Crippen LogP contribution is 2.36. The van der Waals surface area contributed by atoms with Crippen LogP contribution < -0.4 is 19.8 Å². The molecule has 3 aromatic rings. The lowest BCUT2D eigenvalue weighted by atomic mass is 10.0. The van der Waals surface area contributed by atoms with Crippen molar-refractivity contribution in [2.75, 3.05) is 11.4 Å². The zero-order valence-corrected chi connectivity index (χ0v) is 22.2. The molecule has 1 atom stereocenters. The summed E-state index contributed by atoms with van der Waals surface area (Å²) in [5, 5.41) is 1.91. The Morgan fingerprint density at radius 3 is 2.64 bits per heavy atom. The van der Waals surface area contributed by atoms with Gasteiger partial charge in [-0.25, -0.2) is 9.79 Å². The zero-order valence-electron chi connectivity index (χ0n) is 20.6. The molecule has 186 valence electrons. The maximum atomic E-state index is 14.0. The van der Waals surface area contributed by atoms with E-state index in [1.807, 2.05) is 41.8 Å². The van der Waals surface area contributed by atoms with Gasteiger partial charge in [0.25, 0.3) is 11.5 Å². The maximum absolute atomic E-state index is 14.0. The van der Waals surface area contributed by atoms with Crippen molar-refractivity contribution in [3.8, 4) is 0 Å². The molecular formula is C27H27N3O4S2. The summed E-state index contributed by atoms with van der Waals surface area (Å²) in [6, 6.07) is 10.7. The topological polar surface area (TPSA) is 81.0 Å². The highest BCUT2D eigenvalue weighted by molar-refractivity contribution is 7.10. The molecule has 0 N–H and O–H groups in total. The molecule has 5 rings (SSSR count). The predicted molar refractivity (Wildman–Crippen MR) is 142 cm³/mol. The Bertz CT molecular complexity index is 1560. The van der Waals surface area contributed by atoms with Crippen molar-refractivity contribution in [2.45, 2.75) is 52.7 Å². The molecule has 2 aliphatic heterocycles. The molecule has 0 spiro atoms. The van der Waals surface area contributed by atoms with E-state index < -0.39 is 12.0 Å². The van der Waals surface area contributed by atoms with Crippen LogP contribution in [0.15, 0.2) is 62.8 Å². The number of esters is 1. The Balaban J connectivity index is 1.76. The van der Waals surface area contributed by atoms with Crippen LogP contribution in [0.5, 0.6) is 0 Å². The summed E-state index contributed by atoms with van der Waals surface area (Å²) in [6.45, 7) is 8.02. The van der Waals surface area contributed by atoms with Crippen LogP contribution in [0.1, 0.15) is 57.0 Å². The van der Waals surface area contributed by atoms with E-state index >= 15 is 0 Å². The van der Waals surface area contributed by atoms with Crippen LogP contribution in [0.3, 0.4) is 0 Å². The Morgan fingerprint density at radius 2 is 1.94 bits per heavy atom. The number of allylic oxidation sites excluding steroid dienone is 1. The Labute approximate surface area is 216 Å². The van der Waals surface area contributed by atoms with Gasteiger partial charge in [0.15, 0.2) is 4.80 Å². The van der Waals surface area contributed by atoms with E-state index in [1.54, 1.807) is 30.2 Å². The molecule has 9 heteroatoms. The van der Waals surface area contributed by atoms with Crippen LogP contribution >= 0.6 is 22.7 Å². The molecule has 1 amide bonds. The van der Waals surface area contributed by atoms with Gasteiger partial charge >= 0.3 is 5.97 Å². The van der Waals surface area contributed by atoms with E-state index in [0.717, 1.165) is 29.0 Å². The van der Waals surface area contributed by atoms with E-state index in [2.05, 4.69) is 11.9 Å². The number of thiazole rings is 1. The molecule has 0 saturated carbocycles. The third-order valence-corrected chi connectivity index (χ3v) is 8.24. The average molecular weight is 522 g/mol. The molecule has 36 heavy (non-hydrogen) atoms. The number of nitrogens with zero attached hydrogens (tertiary/aromatic N) is 3. The smallest absolute Gasteiger partial charge is 0.338 e. The molecule has 2 aliphatic rings. The van der Waals surface area contributed by atoms with E-state index in [9.17, 15) is 14.4 Å². The fraction of sp³-hybridized carbons (Fsp3) is 0.333. The fourth-order valence-electron chi connectivity index (χ4n) is 4.66. The number of carbonyl (C=O) groups excluding carboxylic acids is 2. The van der Waals surface area contributed by atoms with Gasteiger partial charge in [0.2, 0.25) is 0 Å². The molecule has 4 heterocycles. The monoisotopic (exact) mass is 521 g/mol. The normalized spacial score (nSPS) is 18.4. The van der Waals surface area contributed by atoms with E-state index in [0.29, 0.717) is 32.7 Å². The highest BCUT2D eigenvalue weighted by Gasteiger charge is 2.37. The van der Waals surface area contributed by atoms with E-state index in [4.69, 9.17) is 4.74 Å². The second-order valence-corrected chi connectivity index (χ2v) is 11.0. The van der Waals surface area contributed by atoms with Crippen molar-refractivity contribution < 1.29 is 14.3 Å². The van der Waals surface area contributed by atoms with Gasteiger partial charge in [0.05, 0.1) is 28.6 Å². The van der Waals surface area contributed by atoms with Crippen molar-refractivity contribution >= 4 is 45.8 Å². The zero-order chi connectivity index (χ0) is 25.6. The number of carbonyl (C=O) groups is 2. The second kappa shape index (κ2) is 9.63. The lowest BCUT2D eigenvalue weighted by molar-refractivity contribution is -0.143. The highest BCUT2D eigenvalue weighted by atomic mass is 32.1. The fourth-order valence-corrected chi connectivity index (χ4v) is 6.62. The lowest BCUT2D eigenvalue weighted by Crippen LogP contribution is -2.41. The van der Waals surface area contributed by atoms with Crippen LogP contribution in [-0.2, 0) is 14.3 Å². The van der Waals surface area contributed by atoms with Crippen molar-refractivity contribution in [3.63, 3.8) is 0 Å². The number of benzene rings is 1. The number of hydrogen-bond donors (Lipinski definition) is 0. The van der Waals surface area contributed by atoms with Crippen LogP contribution in [0, 0.1) is 0 Å². The Morgan fingerprint density at radius 1 is 1.17 bits per heavy atom. The Hall–Kier alpha value is -3.30. The summed E-state index contributed by atoms with van der Waals surface area (Å²) in [7, 11) is 0. The van der Waals surface area contributed by atoms with Gasteiger partial charge in [-0.3, -0.25) is 14.2 Å². The molecule has 1 aromatic carbocycles. The third kappa shape index (κ3) is 3.96. The number of amides is 1. The van der Waals surface area contributed by atoms with Gasteiger partial charge in [-0.1, -0.05) is 48.9 Å². The van der Waals surface area contributed by atoms with E-state index in [1.165, 1.54) is 22.7 Å². The quantitative estimate of drug-likeness (QED) is 0.463. The average Bonchev–Trinajstić information content (AvgIpc) is 3.54. The first-order valence-electron chi connectivity index (χ1n) is 12.0. The minimum Gasteiger partial charge on any atom is -0.459 e. The van der Waals surface area contributed by atoms with Crippen molar-refractivity contribution in [2.24, 2.45) is 4.99 Å². The number of unbranched alkanes of at least 4 members (excludes halogenated alkanes) is 1. The first-order valence-corrected chi connectivity index (χ1v) is 13.7. The lowest BCUT2D eigenvalue weighted by Gasteiger charge is -2.24. The first kappa shape index (κ1) is 24.4. The Kier molecular flexibility index (Phi) is 6.53. The number of hydrogen-bond acceptors (Lipinski definition) is 7. The van der Waals surface area contributed by atoms with Gasteiger partial charge in [-0.2, -0.15) is 0 Å². The maximum Gasteiger partial charge on any atom is 0.338 e. The largest absolute Gasteiger partial charge is 0.459 e. The van der Waals surface area contributed by atoms with Gasteiger partial charge in [0.1, 0.15) is 10.6 Å². The standard InChI is InChI=1S/C27H27N3O4S2/c1-5-6-13-29-18-11-8-7-10-17(18)21(24(29)31)23-25(32)30-22(19-12-9-14-35-19)20(26(33)34-15(2)3)16(4)28-27(30)36-23/h7-12,14-15,22H,5-6,13H2,1-4H3.